The maximum absolute atomic E-state index is 9.97. The molecule has 1 aliphatic rings. The molecule has 0 aromatic heterocycles. The molecule has 0 bridgehead atoms. The zero-order chi connectivity index (χ0) is 13.8. The van der Waals surface area contributed by atoms with Crippen molar-refractivity contribution in [3.05, 3.63) is 0 Å². The van der Waals surface area contributed by atoms with Crippen LogP contribution in [0.3, 0.4) is 0 Å². The summed E-state index contributed by atoms with van der Waals surface area (Å²) in [7, 11) is -1.66. The largest absolute Gasteiger partial charge is 0.417 e. The van der Waals surface area contributed by atoms with Crippen molar-refractivity contribution in [2.24, 2.45) is 0 Å². The fraction of sp³-hybridized carbons (Fsp3) is 1.00. The Morgan fingerprint density at radius 1 is 1.28 bits per heavy atom. The third-order valence-electron chi connectivity index (χ3n) is 4.33. The summed E-state index contributed by atoms with van der Waals surface area (Å²) in [6.45, 7) is 12.7. The average Bonchev–Trinajstić information content (AvgIpc) is 2.42. The quantitative estimate of drug-likeness (QED) is 0.799. The van der Waals surface area contributed by atoms with Crippen LogP contribution in [0.25, 0.3) is 0 Å². The van der Waals surface area contributed by atoms with Gasteiger partial charge in [0.1, 0.15) is 0 Å². The molecule has 0 saturated carbocycles. The second-order valence-corrected chi connectivity index (χ2v) is 11.7. The normalized spacial score (nSPS) is 27.0. The molecule has 1 N–H and O–H groups in total. The molecule has 3 nitrogen and oxygen atoms in total. The molecule has 0 aliphatic carbocycles. The number of ether oxygens (including phenoxy) is 1. The zero-order valence-corrected chi connectivity index (χ0v) is 13.7. The van der Waals surface area contributed by atoms with Crippen LogP contribution in [-0.2, 0) is 9.16 Å². The molecule has 1 fully saturated rings. The molecule has 1 saturated heterocycles. The summed E-state index contributed by atoms with van der Waals surface area (Å²) in [4.78, 5) is 0. The number of rotatable bonds is 4. The molecule has 0 unspecified atom stereocenters. The van der Waals surface area contributed by atoms with Gasteiger partial charge in [0.15, 0.2) is 8.32 Å². The van der Waals surface area contributed by atoms with Crippen LogP contribution in [0.2, 0.25) is 18.1 Å². The van der Waals surface area contributed by atoms with Gasteiger partial charge in [-0.1, -0.05) is 20.8 Å². The highest BCUT2D eigenvalue weighted by atomic mass is 28.4. The monoisotopic (exact) mass is 274 g/mol. The Labute approximate surface area is 113 Å². The zero-order valence-electron chi connectivity index (χ0n) is 12.7. The number of hydrogen-bond donors (Lipinski definition) is 1. The highest BCUT2D eigenvalue weighted by Crippen LogP contribution is 2.36. The minimum Gasteiger partial charge on any atom is -0.417 e. The van der Waals surface area contributed by atoms with Crippen molar-refractivity contribution in [2.75, 3.05) is 13.2 Å². The first-order valence-corrected chi connectivity index (χ1v) is 10.1. The van der Waals surface area contributed by atoms with E-state index in [0.717, 1.165) is 32.3 Å². The van der Waals surface area contributed by atoms with Gasteiger partial charge in [-0.05, 0) is 43.8 Å². The van der Waals surface area contributed by atoms with Gasteiger partial charge in [0.05, 0.1) is 12.2 Å². The van der Waals surface area contributed by atoms with Gasteiger partial charge >= 0.3 is 0 Å². The highest BCUT2D eigenvalue weighted by Gasteiger charge is 2.37. The smallest absolute Gasteiger partial charge is 0.191 e. The maximum Gasteiger partial charge on any atom is 0.191 e. The Bertz CT molecular complexity index is 248. The molecule has 0 radical (unpaired) electrons. The van der Waals surface area contributed by atoms with Crippen LogP contribution in [0.5, 0.6) is 0 Å². The summed E-state index contributed by atoms with van der Waals surface area (Å²) in [5, 5.41) is 10.2. The summed E-state index contributed by atoms with van der Waals surface area (Å²) < 4.78 is 11.8. The van der Waals surface area contributed by atoms with Gasteiger partial charge in [-0.3, -0.25) is 0 Å². The van der Waals surface area contributed by atoms with Gasteiger partial charge < -0.3 is 14.3 Å². The maximum atomic E-state index is 9.97. The topological polar surface area (TPSA) is 38.7 Å². The van der Waals surface area contributed by atoms with E-state index in [2.05, 4.69) is 33.9 Å². The van der Waals surface area contributed by atoms with Crippen LogP contribution in [0.15, 0.2) is 0 Å². The third-order valence-corrected chi connectivity index (χ3v) is 8.86. The molecular formula is C14H30O3Si. The predicted octanol–water partition coefficient (Wildman–Crippen LogP) is 3.33. The number of aliphatic hydroxyl groups excluding tert-OH is 1. The van der Waals surface area contributed by atoms with Crippen LogP contribution in [0.1, 0.15) is 46.5 Å². The Kier molecular flexibility index (Phi) is 5.84. The van der Waals surface area contributed by atoms with E-state index >= 15 is 0 Å². The van der Waals surface area contributed by atoms with E-state index in [4.69, 9.17) is 9.16 Å². The highest BCUT2D eigenvalue weighted by molar-refractivity contribution is 6.74. The lowest BCUT2D eigenvalue weighted by atomic mass is 10.1. The first-order chi connectivity index (χ1) is 8.24. The Balaban J connectivity index is 2.36. The van der Waals surface area contributed by atoms with E-state index in [1.807, 2.05) is 0 Å². The lowest BCUT2D eigenvalue weighted by Crippen LogP contribution is -2.42. The number of hydrogen-bond acceptors (Lipinski definition) is 3. The van der Waals surface area contributed by atoms with E-state index in [9.17, 15) is 5.11 Å². The van der Waals surface area contributed by atoms with Crippen LogP contribution in [0, 0.1) is 0 Å². The lowest BCUT2D eigenvalue weighted by molar-refractivity contribution is -0.0355. The van der Waals surface area contributed by atoms with E-state index in [1.165, 1.54) is 0 Å². The average molecular weight is 274 g/mol. The SMILES string of the molecule is CC(C)(C)[Si](C)(C)OCC[C@H]1OCCCC[C@H]1O. The van der Waals surface area contributed by atoms with Crippen LogP contribution >= 0.6 is 0 Å². The van der Waals surface area contributed by atoms with Crippen molar-refractivity contribution in [3.8, 4) is 0 Å². The fourth-order valence-electron chi connectivity index (χ4n) is 1.91. The number of aliphatic hydroxyl groups is 1. The van der Waals surface area contributed by atoms with Crippen molar-refractivity contribution in [1.82, 2.24) is 0 Å². The van der Waals surface area contributed by atoms with Crippen LogP contribution in [0.4, 0.5) is 0 Å². The van der Waals surface area contributed by atoms with Crippen molar-refractivity contribution >= 4 is 8.32 Å². The lowest BCUT2D eigenvalue weighted by Gasteiger charge is -2.36. The van der Waals surface area contributed by atoms with Gasteiger partial charge in [0, 0.05) is 13.2 Å². The molecule has 0 aromatic carbocycles. The molecule has 1 rings (SSSR count). The first-order valence-electron chi connectivity index (χ1n) is 7.18. The van der Waals surface area contributed by atoms with Gasteiger partial charge in [0.25, 0.3) is 0 Å². The Hall–Kier alpha value is 0.0969. The molecule has 0 amide bonds. The predicted molar refractivity (Wildman–Crippen MR) is 77.4 cm³/mol. The molecule has 18 heavy (non-hydrogen) atoms. The Morgan fingerprint density at radius 3 is 2.56 bits per heavy atom. The molecule has 1 heterocycles. The van der Waals surface area contributed by atoms with Crippen LogP contribution in [-0.4, -0.2) is 38.8 Å². The van der Waals surface area contributed by atoms with Gasteiger partial charge in [0.2, 0.25) is 0 Å². The summed E-state index contributed by atoms with van der Waals surface area (Å²) in [5.41, 5.74) is 0. The standard InChI is InChI=1S/C14H30O3Si/c1-14(2,3)18(4,5)17-11-9-13-12(15)8-6-7-10-16-13/h12-13,15H,6-11H2,1-5H3/t12-,13-/m1/s1. The second kappa shape index (κ2) is 6.50. The summed E-state index contributed by atoms with van der Waals surface area (Å²) >= 11 is 0. The summed E-state index contributed by atoms with van der Waals surface area (Å²) in [5.74, 6) is 0. The summed E-state index contributed by atoms with van der Waals surface area (Å²) in [6, 6.07) is 0. The fourth-order valence-corrected chi connectivity index (χ4v) is 2.97. The summed E-state index contributed by atoms with van der Waals surface area (Å²) in [6.07, 6.45) is 3.48. The molecule has 4 heteroatoms. The third kappa shape index (κ3) is 4.65. The first kappa shape index (κ1) is 16.2. The van der Waals surface area contributed by atoms with Crippen molar-refractivity contribution in [2.45, 2.75) is 76.8 Å². The molecule has 2 atom stereocenters. The van der Waals surface area contributed by atoms with Crippen LogP contribution < -0.4 is 0 Å². The minimum atomic E-state index is -1.66. The molecule has 0 spiro atoms. The van der Waals surface area contributed by atoms with Crippen molar-refractivity contribution in [1.29, 1.82) is 0 Å². The van der Waals surface area contributed by atoms with E-state index in [0.29, 0.717) is 6.61 Å². The van der Waals surface area contributed by atoms with E-state index < -0.39 is 8.32 Å². The van der Waals surface area contributed by atoms with E-state index in [1.54, 1.807) is 0 Å². The Morgan fingerprint density at radius 2 is 1.94 bits per heavy atom. The molecule has 0 aromatic rings. The van der Waals surface area contributed by atoms with E-state index in [-0.39, 0.29) is 17.2 Å². The van der Waals surface area contributed by atoms with Gasteiger partial charge in [-0.15, -0.1) is 0 Å². The minimum absolute atomic E-state index is 0.0303. The van der Waals surface area contributed by atoms with Gasteiger partial charge in [-0.25, -0.2) is 0 Å². The van der Waals surface area contributed by atoms with Gasteiger partial charge in [-0.2, -0.15) is 0 Å². The second-order valence-electron chi connectivity index (χ2n) is 6.87. The van der Waals surface area contributed by atoms with Crippen molar-refractivity contribution < 1.29 is 14.3 Å². The molecule has 1 aliphatic heterocycles. The molecular weight excluding hydrogens is 244 g/mol. The molecule has 108 valence electrons. The van der Waals surface area contributed by atoms with Crippen molar-refractivity contribution in [3.63, 3.8) is 0 Å².